The predicted molar refractivity (Wildman–Crippen MR) is 121 cm³/mol. The van der Waals surface area contributed by atoms with Gasteiger partial charge in [-0.3, -0.25) is 4.79 Å². The summed E-state index contributed by atoms with van der Waals surface area (Å²) in [5, 5.41) is 13.3. The largest absolute Gasteiger partial charge is 0.330 e. The number of thiophene rings is 1. The van der Waals surface area contributed by atoms with Gasteiger partial charge in [-0.1, -0.05) is 40.8 Å². The van der Waals surface area contributed by atoms with Crippen LogP contribution < -0.4 is 10.9 Å². The fourth-order valence-electron chi connectivity index (χ4n) is 3.49. The van der Waals surface area contributed by atoms with Crippen LogP contribution in [0.2, 0.25) is 0 Å². The Morgan fingerprint density at radius 2 is 1.97 bits per heavy atom. The van der Waals surface area contributed by atoms with Gasteiger partial charge in [0.15, 0.2) is 4.34 Å². The number of hydrogen-bond acceptors (Lipinski definition) is 8. The van der Waals surface area contributed by atoms with Crippen LogP contribution in [0.25, 0.3) is 10.2 Å². The van der Waals surface area contributed by atoms with Crippen molar-refractivity contribution >= 4 is 55.5 Å². The highest BCUT2D eigenvalue weighted by atomic mass is 32.2. The number of rotatable bonds is 5. The Morgan fingerprint density at radius 3 is 2.83 bits per heavy atom. The van der Waals surface area contributed by atoms with Gasteiger partial charge < -0.3 is 10.3 Å². The normalized spacial score (nSPS) is 13.6. The molecule has 0 saturated carbocycles. The molecule has 0 spiro atoms. The van der Waals surface area contributed by atoms with Crippen LogP contribution in [0.3, 0.4) is 0 Å². The summed E-state index contributed by atoms with van der Waals surface area (Å²) in [5.41, 5.74) is 3.42. The first-order chi connectivity index (χ1) is 14.2. The first kappa shape index (κ1) is 18.8. The highest BCUT2D eigenvalue weighted by Crippen LogP contribution is 2.34. The van der Waals surface area contributed by atoms with Gasteiger partial charge in [-0.25, -0.2) is 4.98 Å². The zero-order valence-electron chi connectivity index (χ0n) is 15.8. The average Bonchev–Trinajstić information content (AvgIpc) is 3.32. The summed E-state index contributed by atoms with van der Waals surface area (Å²) in [4.78, 5) is 22.5. The van der Waals surface area contributed by atoms with Crippen molar-refractivity contribution < 1.29 is 0 Å². The number of nitrogens with zero attached hydrogens (tertiary/aromatic N) is 3. The Labute approximate surface area is 179 Å². The van der Waals surface area contributed by atoms with Crippen LogP contribution in [0.5, 0.6) is 0 Å². The molecule has 29 heavy (non-hydrogen) atoms. The minimum Gasteiger partial charge on any atom is -0.330 e. The summed E-state index contributed by atoms with van der Waals surface area (Å²) in [6.07, 6.45) is 4.43. The van der Waals surface area contributed by atoms with Gasteiger partial charge in [0.1, 0.15) is 10.7 Å². The minimum atomic E-state index is -0.0102. The van der Waals surface area contributed by atoms with Crippen molar-refractivity contribution in [3.05, 3.63) is 56.4 Å². The highest BCUT2D eigenvalue weighted by Gasteiger charge is 2.20. The lowest BCUT2D eigenvalue weighted by molar-refractivity contribution is 0.700. The second kappa shape index (κ2) is 7.89. The molecule has 1 aromatic carbocycles. The molecule has 0 bridgehead atoms. The number of aromatic nitrogens is 4. The van der Waals surface area contributed by atoms with Crippen LogP contribution in [0.1, 0.15) is 34.7 Å². The second-order valence-corrected chi connectivity index (χ2v) is 10.3. The van der Waals surface area contributed by atoms with Gasteiger partial charge in [0.25, 0.3) is 5.56 Å². The molecule has 0 fully saturated rings. The van der Waals surface area contributed by atoms with Crippen LogP contribution >= 0.6 is 34.4 Å². The molecule has 0 aliphatic heterocycles. The first-order valence-electron chi connectivity index (χ1n) is 9.49. The first-order valence-corrected chi connectivity index (χ1v) is 12.1. The Bertz CT molecular complexity index is 1230. The van der Waals surface area contributed by atoms with Crippen LogP contribution in [0.4, 0.5) is 10.8 Å². The molecule has 2 N–H and O–H groups in total. The molecule has 1 aliphatic rings. The van der Waals surface area contributed by atoms with Gasteiger partial charge in [0.2, 0.25) is 5.13 Å². The lowest BCUT2D eigenvalue weighted by atomic mass is 9.97. The third-order valence-electron chi connectivity index (χ3n) is 4.92. The van der Waals surface area contributed by atoms with E-state index < -0.39 is 0 Å². The van der Waals surface area contributed by atoms with E-state index in [9.17, 15) is 4.79 Å². The zero-order chi connectivity index (χ0) is 19.8. The van der Waals surface area contributed by atoms with Crippen molar-refractivity contribution in [1.29, 1.82) is 0 Å². The van der Waals surface area contributed by atoms with E-state index in [1.807, 2.05) is 12.1 Å². The summed E-state index contributed by atoms with van der Waals surface area (Å²) in [6, 6.07) is 8.15. The number of H-pyrrole nitrogens is 1. The van der Waals surface area contributed by atoms with Gasteiger partial charge in [-0.05, 0) is 50.3 Å². The predicted octanol–water partition coefficient (Wildman–Crippen LogP) is 5.06. The average molecular weight is 442 g/mol. The molecule has 0 saturated heterocycles. The molecule has 3 heterocycles. The van der Waals surface area contributed by atoms with Gasteiger partial charge in [0.05, 0.1) is 11.1 Å². The quantitative estimate of drug-likeness (QED) is 0.421. The smallest absolute Gasteiger partial charge is 0.259 e. The molecule has 0 unspecified atom stereocenters. The number of nitrogens with one attached hydrogen (secondary N) is 2. The fourth-order valence-corrected chi connectivity index (χ4v) is 6.41. The summed E-state index contributed by atoms with van der Waals surface area (Å²) >= 11 is 4.71. The zero-order valence-corrected chi connectivity index (χ0v) is 18.3. The van der Waals surface area contributed by atoms with E-state index in [-0.39, 0.29) is 5.56 Å². The van der Waals surface area contributed by atoms with Gasteiger partial charge in [-0.2, -0.15) is 0 Å². The maximum Gasteiger partial charge on any atom is 0.259 e. The van der Waals surface area contributed by atoms with Crippen LogP contribution in [-0.2, 0) is 18.6 Å². The number of thioether (sulfide) groups is 1. The SMILES string of the molecule is Cc1ccc(Nc2nnc(SCc3nc4sc5c(c4c(=O)[nH]3)CCCC5)s2)cc1. The van der Waals surface area contributed by atoms with E-state index in [0.717, 1.165) is 44.6 Å². The second-order valence-electron chi connectivity index (χ2n) is 7.06. The number of hydrogen-bond donors (Lipinski definition) is 2. The molecular formula is C20H19N5OS3. The Kier molecular flexibility index (Phi) is 5.11. The number of anilines is 2. The lowest BCUT2D eigenvalue weighted by Gasteiger charge is -2.09. The third kappa shape index (κ3) is 3.94. The number of fused-ring (bicyclic) bond motifs is 3. The molecule has 5 rings (SSSR count). The maximum absolute atomic E-state index is 12.6. The lowest BCUT2D eigenvalue weighted by Crippen LogP contribution is -2.12. The molecule has 3 aromatic heterocycles. The van der Waals surface area contributed by atoms with E-state index in [2.05, 4.69) is 39.6 Å². The van der Waals surface area contributed by atoms with Crippen molar-refractivity contribution in [2.45, 2.75) is 42.7 Å². The summed E-state index contributed by atoms with van der Waals surface area (Å²) in [5.74, 6) is 1.25. The molecule has 0 amide bonds. The van der Waals surface area contributed by atoms with Gasteiger partial charge in [-0.15, -0.1) is 21.5 Å². The molecule has 4 aromatic rings. The Hall–Kier alpha value is -2.23. The van der Waals surface area contributed by atoms with E-state index in [1.54, 1.807) is 11.3 Å². The van der Waals surface area contributed by atoms with E-state index in [1.165, 1.54) is 45.5 Å². The molecule has 148 valence electrons. The summed E-state index contributed by atoms with van der Waals surface area (Å²) in [7, 11) is 0. The Balaban J connectivity index is 1.30. The monoisotopic (exact) mass is 441 g/mol. The fraction of sp³-hybridized carbons (Fsp3) is 0.300. The minimum absolute atomic E-state index is 0.0102. The molecule has 6 nitrogen and oxygen atoms in total. The van der Waals surface area contributed by atoms with Gasteiger partial charge in [0, 0.05) is 10.6 Å². The van der Waals surface area contributed by atoms with Gasteiger partial charge >= 0.3 is 0 Å². The topological polar surface area (TPSA) is 83.6 Å². The van der Waals surface area contributed by atoms with Crippen LogP contribution in [0.15, 0.2) is 33.4 Å². The van der Waals surface area contributed by atoms with E-state index in [4.69, 9.17) is 4.98 Å². The number of aromatic amines is 1. The van der Waals surface area contributed by atoms with Crippen molar-refractivity contribution in [3.8, 4) is 0 Å². The van der Waals surface area contributed by atoms with Crippen LogP contribution in [0, 0.1) is 6.92 Å². The van der Waals surface area contributed by atoms with Crippen LogP contribution in [-0.4, -0.2) is 20.2 Å². The van der Waals surface area contributed by atoms with Crippen molar-refractivity contribution in [2.24, 2.45) is 0 Å². The number of aryl methyl sites for hydroxylation is 3. The standard InChI is InChI=1S/C20H19N5OS3/c1-11-6-8-12(9-7-11)21-19-24-25-20(29-19)27-10-15-22-17(26)16-13-4-2-3-5-14(13)28-18(16)23-15/h6-9H,2-5,10H2,1H3,(H,21,24)(H,22,23,26). The van der Waals surface area contributed by atoms with E-state index in [0.29, 0.717) is 11.6 Å². The van der Waals surface area contributed by atoms with E-state index >= 15 is 0 Å². The van der Waals surface area contributed by atoms with Crippen molar-refractivity contribution in [3.63, 3.8) is 0 Å². The number of benzene rings is 1. The molecule has 0 atom stereocenters. The Morgan fingerprint density at radius 1 is 1.14 bits per heavy atom. The molecule has 9 heteroatoms. The van der Waals surface area contributed by atoms with Crippen molar-refractivity contribution in [1.82, 2.24) is 20.2 Å². The molecule has 0 radical (unpaired) electrons. The highest BCUT2D eigenvalue weighted by molar-refractivity contribution is 8.00. The summed E-state index contributed by atoms with van der Waals surface area (Å²) < 4.78 is 0.841. The van der Waals surface area contributed by atoms with Crippen molar-refractivity contribution in [2.75, 3.05) is 5.32 Å². The summed E-state index contributed by atoms with van der Waals surface area (Å²) in [6.45, 7) is 2.06. The maximum atomic E-state index is 12.6. The molecule has 1 aliphatic carbocycles. The molecular weight excluding hydrogens is 422 g/mol. The third-order valence-corrected chi connectivity index (χ3v) is 8.08.